The number of hydrogen-bond acceptors (Lipinski definition) is 2. The third-order valence-electron chi connectivity index (χ3n) is 4.17. The van der Waals surface area contributed by atoms with Gasteiger partial charge in [0, 0.05) is 5.97 Å². The number of carboxylic acid groups (broad SMARTS) is 1. The van der Waals surface area contributed by atoms with E-state index < -0.39 is 5.97 Å². The molecule has 0 amide bonds. The maximum atomic E-state index is 10.0. The summed E-state index contributed by atoms with van der Waals surface area (Å²) in [7, 11) is 6.81. The molecule has 0 unspecified atom stereocenters. The zero-order valence-electron chi connectivity index (χ0n) is 17.4. The second-order valence-electron chi connectivity index (χ2n) is 8.03. The first kappa shape index (κ1) is 25.7. The molecule has 0 aliphatic rings. The summed E-state index contributed by atoms with van der Waals surface area (Å²) in [4.78, 5) is 10.0. The minimum atomic E-state index is -0.913. The topological polar surface area (TPSA) is 40.1 Å². The maximum Gasteiger partial charge on any atom is 0.0780 e. The van der Waals surface area contributed by atoms with E-state index in [1.54, 1.807) is 0 Å². The molecule has 0 saturated carbocycles. The monoisotopic (exact) mass is 343 g/mol. The fraction of sp³-hybridized carbons (Fsp3) is 0.952. The van der Waals surface area contributed by atoms with Crippen molar-refractivity contribution in [3.8, 4) is 0 Å². The molecule has 0 N–H and O–H groups in total. The molecule has 0 aliphatic carbocycles. The zero-order valence-corrected chi connectivity index (χ0v) is 17.4. The van der Waals surface area contributed by atoms with Crippen molar-refractivity contribution in [1.82, 2.24) is 0 Å². The lowest BCUT2D eigenvalue weighted by molar-refractivity contribution is -0.870. The van der Waals surface area contributed by atoms with Crippen molar-refractivity contribution in [3.63, 3.8) is 0 Å². The molecule has 0 aromatic rings. The van der Waals surface area contributed by atoms with E-state index in [0.717, 1.165) is 17.3 Å². The van der Waals surface area contributed by atoms with Crippen molar-refractivity contribution < 1.29 is 14.4 Å². The summed E-state index contributed by atoms with van der Waals surface area (Å²) in [6, 6.07) is 0. The predicted octanol–water partition coefficient (Wildman–Crippen LogP) is 4.93. The number of rotatable bonds is 15. The molecule has 0 bridgehead atoms. The van der Waals surface area contributed by atoms with E-state index in [4.69, 9.17) is 0 Å². The number of carboxylic acids is 1. The Morgan fingerprint density at radius 2 is 1.04 bits per heavy atom. The van der Waals surface area contributed by atoms with Crippen molar-refractivity contribution in [3.05, 3.63) is 0 Å². The van der Waals surface area contributed by atoms with E-state index in [9.17, 15) is 9.90 Å². The van der Waals surface area contributed by atoms with E-state index in [1.165, 1.54) is 77.2 Å². The highest BCUT2D eigenvalue weighted by molar-refractivity contribution is 5.63. The van der Waals surface area contributed by atoms with E-state index in [-0.39, 0.29) is 6.42 Å². The van der Waals surface area contributed by atoms with Crippen LogP contribution in [0.4, 0.5) is 0 Å². The summed E-state index contributed by atoms with van der Waals surface area (Å²) in [5.74, 6) is -0.913. The van der Waals surface area contributed by atoms with Gasteiger partial charge in [-0.15, -0.1) is 0 Å². The van der Waals surface area contributed by atoms with Gasteiger partial charge in [0.25, 0.3) is 0 Å². The van der Waals surface area contributed by atoms with Gasteiger partial charge in [-0.2, -0.15) is 0 Å². The summed E-state index contributed by atoms with van der Waals surface area (Å²) < 4.78 is 1.12. The Morgan fingerprint density at radius 1 is 0.667 bits per heavy atom. The highest BCUT2D eigenvalue weighted by atomic mass is 16.4. The van der Waals surface area contributed by atoms with Crippen LogP contribution in [0.25, 0.3) is 0 Å². The summed E-state index contributed by atoms with van der Waals surface area (Å²) >= 11 is 0. The lowest BCUT2D eigenvalue weighted by Gasteiger charge is -2.23. The maximum absolute atomic E-state index is 10.0. The van der Waals surface area contributed by atoms with Crippen LogP contribution in [0.3, 0.4) is 0 Å². The molecule has 0 radical (unpaired) electrons. The first-order chi connectivity index (χ1) is 11.3. The SMILES string of the molecule is CCCCCCCCCC(=O)[O-].CCCCCCCC[N+](C)(C)C. The fourth-order valence-corrected chi connectivity index (χ4v) is 2.59. The van der Waals surface area contributed by atoms with Crippen LogP contribution in [0, 0.1) is 0 Å². The van der Waals surface area contributed by atoms with E-state index in [1.807, 2.05) is 0 Å². The lowest BCUT2D eigenvalue weighted by Crippen LogP contribution is -2.35. The minimum Gasteiger partial charge on any atom is -0.550 e. The molecule has 0 aromatic carbocycles. The molecule has 0 saturated heterocycles. The summed E-state index contributed by atoms with van der Waals surface area (Å²) in [5, 5.41) is 10.0. The average Bonchev–Trinajstić information content (AvgIpc) is 2.49. The molecule has 146 valence electrons. The van der Waals surface area contributed by atoms with Crippen molar-refractivity contribution in [1.29, 1.82) is 0 Å². The molecule has 24 heavy (non-hydrogen) atoms. The average molecular weight is 344 g/mol. The molecular weight excluding hydrogens is 298 g/mol. The van der Waals surface area contributed by atoms with Crippen LogP contribution in [-0.2, 0) is 4.79 Å². The Bertz CT molecular complexity index is 259. The Morgan fingerprint density at radius 3 is 1.42 bits per heavy atom. The quantitative estimate of drug-likeness (QED) is 0.312. The molecule has 0 atom stereocenters. The highest BCUT2D eigenvalue weighted by Gasteiger charge is 2.04. The number of unbranched alkanes of at least 4 members (excludes halogenated alkanes) is 11. The highest BCUT2D eigenvalue weighted by Crippen LogP contribution is 2.08. The smallest absolute Gasteiger partial charge is 0.0780 e. The molecule has 0 aliphatic heterocycles. The standard InChI is InChI=1S/C11H26N.C10H20O2/c1-5-6-7-8-9-10-11-12(2,3)4;1-2-3-4-5-6-7-8-9-10(11)12/h5-11H2,1-4H3;2-9H2,1H3,(H,11,12)/q+1;/p-1. The number of quaternary nitrogens is 1. The van der Waals surface area contributed by atoms with Crippen molar-refractivity contribution in [2.45, 2.75) is 104 Å². The van der Waals surface area contributed by atoms with E-state index >= 15 is 0 Å². The summed E-state index contributed by atoms with van der Waals surface area (Å²) in [6.07, 6.45) is 16.8. The third kappa shape index (κ3) is 29.4. The second kappa shape index (κ2) is 18.8. The molecule has 0 fully saturated rings. The number of nitrogens with zero attached hydrogens (tertiary/aromatic N) is 1. The van der Waals surface area contributed by atoms with Gasteiger partial charge in [-0.3, -0.25) is 0 Å². The van der Waals surface area contributed by atoms with Gasteiger partial charge in [-0.25, -0.2) is 0 Å². The van der Waals surface area contributed by atoms with Gasteiger partial charge in [-0.05, 0) is 25.7 Å². The molecular formula is C21H45NO2. The molecule has 0 rings (SSSR count). The first-order valence-corrected chi connectivity index (χ1v) is 10.3. The van der Waals surface area contributed by atoms with Crippen LogP contribution in [0.15, 0.2) is 0 Å². The van der Waals surface area contributed by atoms with Gasteiger partial charge in [0.05, 0.1) is 27.7 Å². The Hall–Kier alpha value is -0.570. The van der Waals surface area contributed by atoms with Crippen molar-refractivity contribution in [2.75, 3.05) is 27.7 Å². The number of aliphatic carboxylic acids is 1. The Kier molecular flexibility index (Phi) is 20.1. The van der Waals surface area contributed by atoms with Crippen molar-refractivity contribution in [2.24, 2.45) is 0 Å². The number of carbonyl (C=O) groups is 1. The largest absolute Gasteiger partial charge is 0.550 e. The van der Waals surface area contributed by atoms with Gasteiger partial charge >= 0.3 is 0 Å². The molecule has 0 spiro atoms. The normalized spacial score (nSPS) is 11.0. The van der Waals surface area contributed by atoms with Crippen LogP contribution in [0.5, 0.6) is 0 Å². The molecule has 3 heteroatoms. The van der Waals surface area contributed by atoms with E-state index in [2.05, 4.69) is 35.0 Å². The Labute approximate surface area is 152 Å². The minimum absolute atomic E-state index is 0.230. The third-order valence-corrected chi connectivity index (χ3v) is 4.17. The fourth-order valence-electron chi connectivity index (χ4n) is 2.59. The van der Waals surface area contributed by atoms with Crippen molar-refractivity contribution >= 4 is 5.97 Å². The summed E-state index contributed by atoms with van der Waals surface area (Å²) in [5.41, 5.74) is 0. The first-order valence-electron chi connectivity index (χ1n) is 10.3. The van der Waals surface area contributed by atoms with Gasteiger partial charge in [0.15, 0.2) is 0 Å². The number of carbonyl (C=O) groups excluding carboxylic acids is 1. The van der Waals surface area contributed by atoms with Gasteiger partial charge < -0.3 is 14.4 Å². The van der Waals surface area contributed by atoms with Gasteiger partial charge in [0.1, 0.15) is 0 Å². The van der Waals surface area contributed by atoms with Crippen LogP contribution < -0.4 is 5.11 Å². The molecule has 0 aromatic heterocycles. The lowest BCUT2D eigenvalue weighted by atomic mass is 10.1. The van der Waals surface area contributed by atoms with Crippen LogP contribution >= 0.6 is 0 Å². The summed E-state index contributed by atoms with van der Waals surface area (Å²) in [6.45, 7) is 5.79. The second-order valence-corrected chi connectivity index (χ2v) is 8.03. The van der Waals surface area contributed by atoms with Crippen LogP contribution in [0.1, 0.15) is 104 Å². The molecule has 0 heterocycles. The van der Waals surface area contributed by atoms with Crippen LogP contribution in [0.2, 0.25) is 0 Å². The predicted molar refractivity (Wildman–Crippen MR) is 104 cm³/mol. The van der Waals surface area contributed by atoms with E-state index in [0.29, 0.717) is 0 Å². The molecule has 3 nitrogen and oxygen atoms in total. The Balaban J connectivity index is 0. The number of hydrogen-bond donors (Lipinski definition) is 0. The van der Waals surface area contributed by atoms with Gasteiger partial charge in [-0.1, -0.05) is 78.1 Å². The van der Waals surface area contributed by atoms with Gasteiger partial charge in [0.2, 0.25) is 0 Å². The zero-order chi connectivity index (χ0) is 18.7. The van der Waals surface area contributed by atoms with Crippen LogP contribution in [-0.4, -0.2) is 38.1 Å².